The summed E-state index contributed by atoms with van der Waals surface area (Å²) in [5.74, 6) is -0.560. The summed E-state index contributed by atoms with van der Waals surface area (Å²) in [6, 6.07) is 7.74. The van der Waals surface area contributed by atoms with Crippen LogP contribution in [0.2, 0.25) is 4.34 Å². The summed E-state index contributed by atoms with van der Waals surface area (Å²) < 4.78 is 15.6. The van der Waals surface area contributed by atoms with Crippen molar-refractivity contribution in [2.75, 3.05) is 6.54 Å². The van der Waals surface area contributed by atoms with Gasteiger partial charge in [-0.15, -0.1) is 11.3 Å². The van der Waals surface area contributed by atoms with Gasteiger partial charge in [0.05, 0.1) is 16.8 Å². The van der Waals surface area contributed by atoms with Crippen LogP contribution in [-0.2, 0) is 13.5 Å². The molecule has 3 rings (SSSR count). The van der Waals surface area contributed by atoms with Gasteiger partial charge in [-0.05, 0) is 42.7 Å². The molecule has 0 bridgehead atoms. The first-order chi connectivity index (χ1) is 12.9. The van der Waals surface area contributed by atoms with Crippen LogP contribution in [0.25, 0.3) is 11.3 Å². The summed E-state index contributed by atoms with van der Waals surface area (Å²) in [4.78, 5) is 13.2. The summed E-state index contributed by atoms with van der Waals surface area (Å²) >= 11 is 7.58. The lowest BCUT2D eigenvalue weighted by Gasteiger charge is -2.16. The Hall–Kier alpha value is -2.22. The van der Waals surface area contributed by atoms with Crippen molar-refractivity contribution in [1.29, 1.82) is 0 Å². The molecule has 5 nitrogen and oxygen atoms in total. The topological polar surface area (TPSA) is 72.9 Å². The van der Waals surface area contributed by atoms with E-state index < -0.39 is 0 Å². The van der Waals surface area contributed by atoms with E-state index in [0.29, 0.717) is 15.6 Å². The number of nitrogens with two attached hydrogens (primary N) is 1. The smallest absolute Gasteiger partial charge is 0.261 e. The van der Waals surface area contributed by atoms with Gasteiger partial charge in [0.25, 0.3) is 5.91 Å². The third-order valence-electron chi connectivity index (χ3n) is 4.28. The summed E-state index contributed by atoms with van der Waals surface area (Å²) in [6.07, 6.45) is 2.21. The van der Waals surface area contributed by atoms with Gasteiger partial charge in [-0.3, -0.25) is 9.48 Å². The number of amides is 1. The minimum atomic E-state index is -0.309. The first-order valence-corrected chi connectivity index (χ1v) is 9.62. The van der Waals surface area contributed by atoms with Crippen molar-refractivity contribution in [2.24, 2.45) is 12.8 Å². The van der Waals surface area contributed by atoms with E-state index in [1.165, 1.54) is 23.5 Å². The molecule has 142 valence electrons. The second-order valence-corrected chi connectivity index (χ2v) is 7.99. The van der Waals surface area contributed by atoms with Crippen molar-refractivity contribution in [3.05, 3.63) is 62.7 Å². The van der Waals surface area contributed by atoms with Crippen LogP contribution in [0.3, 0.4) is 0 Å². The molecule has 2 heterocycles. The number of aryl methyl sites for hydroxylation is 2. The number of aromatic nitrogens is 2. The number of halogens is 2. The number of thiophene rings is 1. The largest absolute Gasteiger partial charge is 0.347 e. The molecule has 3 N–H and O–H groups in total. The molecule has 1 unspecified atom stereocenters. The molecular weight excluding hydrogens is 387 g/mol. The molecule has 1 atom stereocenters. The predicted octanol–water partition coefficient (Wildman–Crippen LogP) is 3.55. The fourth-order valence-corrected chi connectivity index (χ4v) is 4.15. The highest BCUT2D eigenvalue weighted by molar-refractivity contribution is 7.18. The zero-order valence-electron chi connectivity index (χ0n) is 15.0. The van der Waals surface area contributed by atoms with Crippen molar-refractivity contribution in [3.8, 4) is 11.3 Å². The number of rotatable bonds is 6. The molecule has 27 heavy (non-hydrogen) atoms. The highest BCUT2D eigenvalue weighted by Gasteiger charge is 2.20. The van der Waals surface area contributed by atoms with Crippen LogP contribution in [0, 0.1) is 12.7 Å². The molecule has 0 aliphatic heterocycles. The fraction of sp³-hybridized carbons (Fsp3) is 0.263. The maximum atomic E-state index is 13.4. The van der Waals surface area contributed by atoms with Gasteiger partial charge in [-0.25, -0.2) is 4.39 Å². The third-order valence-corrected chi connectivity index (χ3v) is 5.64. The van der Waals surface area contributed by atoms with E-state index in [9.17, 15) is 9.18 Å². The number of benzene rings is 1. The Kier molecular flexibility index (Phi) is 5.94. The number of hydrogen-bond acceptors (Lipinski definition) is 4. The first kappa shape index (κ1) is 19.5. The highest BCUT2D eigenvalue weighted by atomic mass is 35.5. The average Bonchev–Trinajstić information content (AvgIpc) is 3.16. The standard InChI is InChI=1S/C19H20ClFN4OS/c1-11-10-23-25(2)17(11)15-8-16(27-18(15)20)19(26)24-14(9-22)7-12-4-3-5-13(21)6-12/h3-6,8,10,14H,7,9,22H2,1-2H3,(H,24,26). The Labute approximate surface area is 166 Å². The van der Waals surface area contributed by atoms with Crippen LogP contribution in [0.4, 0.5) is 4.39 Å². The molecular formula is C19H20ClFN4OS. The van der Waals surface area contributed by atoms with Gasteiger partial charge in [0, 0.05) is 25.2 Å². The molecule has 2 aromatic heterocycles. The number of nitrogens with zero attached hydrogens (tertiary/aromatic N) is 2. The number of carbonyl (C=O) groups is 1. The summed E-state index contributed by atoms with van der Waals surface area (Å²) in [6.45, 7) is 2.19. The van der Waals surface area contributed by atoms with Gasteiger partial charge in [0.15, 0.2) is 0 Å². The molecule has 0 saturated carbocycles. The van der Waals surface area contributed by atoms with Crippen LogP contribution >= 0.6 is 22.9 Å². The quantitative estimate of drug-likeness (QED) is 0.657. The second kappa shape index (κ2) is 8.21. The number of nitrogens with one attached hydrogen (secondary N) is 1. The second-order valence-electron chi connectivity index (χ2n) is 6.34. The lowest BCUT2D eigenvalue weighted by molar-refractivity contribution is 0.0942. The maximum absolute atomic E-state index is 13.4. The van der Waals surface area contributed by atoms with Crippen LogP contribution in [0.5, 0.6) is 0 Å². The molecule has 0 spiro atoms. The molecule has 0 radical (unpaired) electrons. The van der Waals surface area contributed by atoms with Crippen molar-refractivity contribution < 1.29 is 9.18 Å². The first-order valence-electron chi connectivity index (χ1n) is 8.42. The lowest BCUT2D eigenvalue weighted by atomic mass is 10.1. The zero-order chi connectivity index (χ0) is 19.6. The molecule has 1 amide bonds. The van der Waals surface area contributed by atoms with E-state index in [0.717, 1.165) is 22.4 Å². The van der Waals surface area contributed by atoms with Crippen LogP contribution in [-0.4, -0.2) is 28.3 Å². The SMILES string of the molecule is Cc1cnn(C)c1-c1cc(C(=O)NC(CN)Cc2cccc(F)c2)sc1Cl. The van der Waals surface area contributed by atoms with E-state index in [2.05, 4.69) is 10.4 Å². The number of carbonyl (C=O) groups excluding carboxylic acids is 1. The lowest BCUT2D eigenvalue weighted by Crippen LogP contribution is -2.41. The molecule has 0 aliphatic carbocycles. The summed E-state index contributed by atoms with van der Waals surface area (Å²) in [7, 11) is 1.83. The predicted molar refractivity (Wildman–Crippen MR) is 107 cm³/mol. The minimum absolute atomic E-state index is 0.245. The van der Waals surface area contributed by atoms with Crippen LogP contribution < -0.4 is 11.1 Å². The van der Waals surface area contributed by atoms with Crippen molar-refractivity contribution >= 4 is 28.8 Å². The van der Waals surface area contributed by atoms with E-state index in [4.69, 9.17) is 17.3 Å². The molecule has 1 aromatic carbocycles. The third kappa shape index (κ3) is 4.37. The minimum Gasteiger partial charge on any atom is -0.347 e. The van der Waals surface area contributed by atoms with Gasteiger partial charge in [-0.2, -0.15) is 5.10 Å². The normalized spacial score (nSPS) is 12.2. The van der Waals surface area contributed by atoms with E-state index in [-0.39, 0.29) is 24.3 Å². The van der Waals surface area contributed by atoms with Crippen LogP contribution in [0.1, 0.15) is 20.8 Å². The number of hydrogen-bond donors (Lipinski definition) is 2. The maximum Gasteiger partial charge on any atom is 0.261 e. The van der Waals surface area contributed by atoms with E-state index in [1.54, 1.807) is 23.0 Å². The van der Waals surface area contributed by atoms with Gasteiger partial charge >= 0.3 is 0 Å². The Bertz CT molecular complexity index is 949. The van der Waals surface area contributed by atoms with Gasteiger partial charge < -0.3 is 11.1 Å². The molecule has 0 saturated heterocycles. The highest BCUT2D eigenvalue weighted by Crippen LogP contribution is 2.36. The Morgan fingerprint density at radius 3 is 2.85 bits per heavy atom. The molecule has 0 aliphatic rings. The van der Waals surface area contributed by atoms with Gasteiger partial charge in [-0.1, -0.05) is 23.7 Å². The monoisotopic (exact) mass is 406 g/mol. The van der Waals surface area contributed by atoms with Gasteiger partial charge in [0.2, 0.25) is 0 Å². The van der Waals surface area contributed by atoms with E-state index >= 15 is 0 Å². The fourth-order valence-electron chi connectivity index (χ4n) is 2.97. The Morgan fingerprint density at radius 1 is 1.44 bits per heavy atom. The average molecular weight is 407 g/mol. The van der Waals surface area contributed by atoms with E-state index in [1.807, 2.05) is 20.0 Å². The summed E-state index contributed by atoms with van der Waals surface area (Å²) in [5, 5.41) is 7.13. The van der Waals surface area contributed by atoms with Crippen molar-refractivity contribution in [2.45, 2.75) is 19.4 Å². The van der Waals surface area contributed by atoms with Crippen molar-refractivity contribution in [3.63, 3.8) is 0 Å². The Balaban J connectivity index is 1.76. The Morgan fingerprint density at radius 2 is 2.22 bits per heavy atom. The summed E-state index contributed by atoms with van der Waals surface area (Å²) in [5.41, 5.74) is 9.21. The molecule has 3 aromatic rings. The molecule has 8 heteroatoms. The van der Waals surface area contributed by atoms with Crippen LogP contribution in [0.15, 0.2) is 36.5 Å². The van der Waals surface area contributed by atoms with Crippen molar-refractivity contribution in [1.82, 2.24) is 15.1 Å². The zero-order valence-corrected chi connectivity index (χ0v) is 16.6. The molecule has 0 fully saturated rings. The van der Waals surface area contributed by atoms with Gasteiger partial charge in [0.1, 0.15) is 10.2 Å².